The van der Waals surface area contributed by atoms with Gasteiger partial charge in [-0.05, 0) is 37.0 Å². The SMILES string of the molecule is N#Cc1ccc(N2CCC(O)(c3ccccc3)[C@H]3CCCC[C@H]32)nc1. The molecule has 4 heteroatoms. The van der Waals surface area contributed by atoms with Crippen molar-refractivity contribution in [3.05, 3.63) is 59.8 Å². The van der Waals surface area contributed by atoms with E-state index in [-0.39, 0.29) is 5.92 Å². The molecule has 0 bridgehead atoms. The second-order valence-corrected chi connectivity index (χ2v) is 7.21. The first kappa shape index (κ1) is 16.1. The number of piperidine rings is 1. The first-order valence-corrected chi connectivity index (χ1v) is 9.13. The summed E-state index contributed by atoms with van der Waals surface area (Å²) >= 11 is 0. The minimum absolute atomic E-state index is 0.217. The van der Waals surface area contributed by atoms with Crippen molar-refractivity contribution in [1.82, 2.24) is 4.98 Å². The molecule has 1 aliphatic carbocycles. The number of nitrogens with zero attached hydrogens (tertiary/aromatic N) is 3. The van der Waals surface area contributed by atoms with Crippen LogP contribution in [0.2, 0.25) is 0 Å². The Kier molecular flexibility index (Phi) is 4.19. The van der Waals surface area contributed by atoms with Gasteiger partial charge >= 0.3 is 0 Å². The van der Waals surface area contributed by atoms with Gasteiger partial charge < -0.3 is 10.0 Å². The monoisotopic (exact) mass is 333 g/mol. The van der Waals surface area contributed by atoms with Crippen molar-refractivity contribution in [3.8, 4) is 6.07 Å². The van der Waals surface area contributed by atoms with E-state index in [0.717, 1.165) is 30.8 Å². The minimum atomic E-state index is -0.755. The van der Waals surface area contributed by atoms with Gasteiger partial charge in [0.05, 0.1) is 11.2 Å². The summed E-state index contributed by atoms with van der Waals surface area (Å²) in [5.41, 5.74) is 0.871. The number of nitriles is 1. The molecule has 1 N–H and O–H groups in total. The quantitative estimate of drug-likeness (QED) is 0.912. The maximum Gasteiger partial charge on any atom is 0.128 e. The number of anilines is 1. The lowest BCUT2D eigenvalue weighted by Crippen LogP contribution is -2.57. The molecule has 2 aromatic rings. The molecule has 0 spiro atoms. The molecule has 2 aliphatic rings. The van der Waals surface area contributed by atoms with Crippen molar-refractivity contribution in [3.63, 3.8) is 0 Å². The van der Waals surface area contributed by atoms with Crippen molar-refractivity contribution in [2.24, 2.45) is 5.92 Å². The van der Waals surface area contributed by atoms with Gasteiger partial charge in [-0.15, -0.1) is 0 Å². The van der Waals surface area contributed by atoms with Gasteiger partial charge in [-0.25, -0.2) is 4.98 Å². The third kappa shape index (κ3) is 2.79. The maximum absolute atomic E-state index is 11.6. The second kappa shape index (κ2) is 6.50. The number of benzene rings is 1. The van der Waals surface area contributed by atoms with Crippen LogP contribution in [-0.2, 0) is 5.60 Å². The average Bonchev–Trinajstić information content (AvgIpc) is 2.69. The van der Waals surface area contributed by atoms with Gasteiger partial charge in [0.1, 0.15) is 11.9 Å². The minimum Gasteiger partial charge on any atom is -0.385 e. The zero-order valence-electron chi connectivity index (χ0n) is 14.3. The van der Waals surface area contributed by atoms with Gasteiger partial charge in [-0.1, -0.05) is 43.2 Å². The molecule has 2 heterocycles. The second-order valence-electron chi connectivity index (χ2n) is 7.21. The van der Waals surface area contributed by atoms with Crippen molar-refractivity contribution in [2.45, 2.75) is 43.7 Å². The van der Waals surface area contributed by atoms with Crippen molar-refractivity contribution >= 4 is 5.82 Å². The molecular formula is C21H23N3O. The summed E-state index contributed by atoms with van der Waals surface area (Å²) in [5.74, 6) is 1.14. The smallest absolute Gasteiger partial charge is 0.128 e. The van der Waals surface area contributed by atoms with E-state index in [1.807, 2.05) is 30.3 Å². The maximum atomic E-state index is 11.6. The molecule has 1 unspecified atom stereocenters. The number of rotatable bonds is 2. The Labute approximate surface area is 148 Å². The number of hydrogen-bond donors (Lipinski definition) is 1. The summed E-state index contributed by atoms with van der Waals surface area (Å²) in [6.45, 7) is 0.783. The zero-order chi connectivity index (χ0) is 17.3. The van der Waals surface area contributed by atoms with E-state index in [4.69, 9.17) is 5.26 Å². The van der Waals surface area contributed by atoms with E-state index in [9.17, 15) is 5.11 Å². The Balaban J connectivity index is 1.67. The standard InChI is InChI=1S/C21H23N3O/c22-14-16-10-11-20(23-15-16)24-13-12-21(25,17-6-2-1-3-7-17)18-8-4-5-9-19(18)24/h1-3,6-7,10-11,15,18-19,25H,4-5,8-9,12-13H2/t18-,19+,21?/m0/s1. The molecule has 2 fully saturated rings. The number of aromatic nitrogens is 1. The van der Waals surface area contributed by atoms with E-state index in [0.29, 0.717) is 18.0 Å². The van der Waals surface area contributed by atoms with E-state index >= 15 is 0 Å². The third-order valence-electron chi connectivity index (χ3n) is 5.92. The summed E-state index contributed by atoms with van der Waals surface area (Å²) in [5, 5.41) is 20.6. The summed E-state index contributed by atoms with van der Waals surface area (Å²) in [6, 6.07) is 16.3. The molecule has 1 aromatic heterocycles. The number of hydrogen-bond acceptors (Lipinski definition) is 4. The van der Waals surface area contributed by atoms with E-state index in [1.165, 1.54) is 12.8 Å². The number of fused-ring (bicyclic) bond motifs is 1. The van der Waals surface area contributed by atoms with Crippen LogP contribution in [0.3, 0.4) is 0 Å². The Hall–Kier alpha value is -2.38. The fraction of sp³-hybridized carbons (Fsp3) is 0.429. The lowest BCUT2D eigenvalue weighted by molar-refractivity contribution is -0.0690. The van der Waals surface area contributed by atoms with Crippen LogP contribution in [0.15, 0.2) is 48.7 Å². The van der Waals surface area contributed by atoms with Crippen LogP contribution < -0.4 is 4.90 Å². The van der Waals surface area contributed by atoms with Crippen LogP contribution in [0, 0.1) is 17.2 Å². The highest BCUT2D eigenvalue weighted by atomic mass is 16.3. The summed E-state index contributed by atoms with van der Waals surface area (Å²) in [6.07, 6.45) is 6.85. The van der Waals surface area contributed by atoms with Crippen molar-refractivity contribution in [2.75, 3.05) is 11.4 Å². The summed E-state index contributed by atoms with van der Waals surface area (Å²) in [7, 11) is 0. The fourth-order valence-electron chi connectivity index (χ4n) is 4.68. The Morgan fingerprint density at radius 1 is 1.12 bits per heavy atom. The van der Waals surface area contributed by atoms with Crippen molar-refractivity contribution in [1.29, 1.82) is 5.26 Å². The highest BCUT2D eigenvalue weighted by Crippen LogP contribution is 2.47. The first-order chi connectivity index (χ1) is 12.2. The number of pyridine rings is 1. The largest absolute Gasteiger partial charge is 0.385 e. The van der Waals surface area contributed by atoms with Gasteiger partial charge in [0.2, 0.25) is 0 Å². The Bertz CT molecular complexity index is 768. The normalized spacial score (nSPS) is 28.9. The first-order valence-electron chi connectivity index (χ1n) is 9.13. The van der Waals surface area contributed by atoms with Gasteiger partial charge in [-0.2, -0.15) is 5.26 Å². The van der Waals surface area contributed by atoms with Crippen LogP contribution >= 0.6 is 0 Å². The topological polar surface area (TPSA) is 60.2 Å². The fourth-order valence-corrected chi connectivity index (χ4v) is 4.68. The molecule has 1 saturated heterocycles. The Morgan fingerprint density at radius 2 is 1.92 bits per heavy atom. The lowest BCUT2D eigenvalue weighted by Gasteiger charge is -2.53. The van der Waals surface area contributed by atoms with Gasteiger partial charge in [-0.3, -0.25) is 0 Å². The van der Waals surface area contributed by atoms with E-state index in [1.54, 1.807) is 6.20 Å². The molecule has 25 heavy (non-hydrogen) atoms. The molecular weight excluding hydrogens is 310 g/mol. The zero-order valence-corrected chi connectivity index (χ0v) is 14.3. The average molecular weight is 333 g/mol. The van der Waals surface area contributed by atoms with Crippen LogP contribution in [0.1, 0.15) is 43.2 Å². The summed E-state index contributed by atoms with van der Waals surface area (Å²) in [4.78, 5) is 6.86. The molecule has 1 aliphatic heterocycles. The lowest BCUT2D eigenvalue weighted by atomic mass is 9.66. The van der Waals surface area contributed by atoms with E-state index < -0.39 is 5.60 Å². The molecule has 128 valence electrons. The summed E-state index contributed by atoms with van der Waals surface area (Å²) < 4.78 is 0. The highest BCUT2D eigenvalue weighted by Gasteiger charge is 2.49. The van der Waals surface area contributed by atoms with Gasteiger partial charge in [0.15, 0.2) is 0 Å². The molecule has 3 atom stereocenters. The van der Waals surface area contributed by atoms with Gasteiger partial charge in [0, 0.05) is 24.7 Å². The van der Waals surface area contributed by atoms with Crippen LogP contribution in [-0.4, -0.2) is 22.7 Å². The molecule has 0 radical (unpaired) electrons. The van der Waals surface area contributed by atoms with Gasteiger partial charge in [0.25, 0.3) is 0 Å². The number of aliphatic hydroxyl groups is 1. The predicted octanol–water partition coefficient (Wildman–Crippen LogP) is 3.61. The molecule has 0 amide bonds. The van der Waals surface area contributed by atoms with Crippen LogP contribution in [0.4, 0.5) is 5.82 Å². The Morgan fingerprint density at radius 3 is 2.64 bits per heavy atom. The van der Waals surface area contributed by atoms with E-state index in [2.05, 4.69) is 28.1 Å². The molecule has 1 aromatic carbocycles. The third-order valence-corrected chi connectivity index (χ3v) is 5.92. The van der Waals surface area contributed by atoms with Crippen LogP contribution in [0.5, 0.6) is 0 Å². The molecule has 4 nitrogen and oxygen atoms in total. The highest BCUT2D eigenvalue weighted by molar-refractivity contribution is 5.45. The van der Waals surface area contributed by atoms with Crippen LogP contribution in [0.25, 0.3) is 0 Å². The van der Waals surface area contributed by atoms with Crippen molar-refractivity contribution < 1.29 is 5.11 Å². The molecule has 1 saturated carbocycles. The molecule has 4 rings (SSSR count). The predicted molar refractivity (Wildman–Crippen MR) is 97.0 cm³/mol.